The number of hydrogen-bond donors (Lipinski definition) is 0. The highest BCUT2D eigenvalue weighted by Gasteiger charge is 2.35. The summed E-state index contributed by atoms with van der Waals surface area (Å²) in [6.07, 6.45) is 0. The SMILES string of the molecule is Cc1ccccc1N1CN(c2ccccc2C)[C@@H](C)[C@H]1C. The lowest BCUT2D eigenvalue weighted by molar-refractivity contribution is 0.645. The van der Waals surface area contributed by atoms with Gasteiger partial charge in [-0.05, 0) is 51.0 Å². The van der Waals surface area contributed by atoms with Crippen molar-refractivity contribution in [2.75, 3.05) is 16.5 Å². The first-order chi connectivity index (χ1) is 10.1. The normalized spacial score (nSPS) is 21.9. The van der Waals surface area contributed by atoms with Gasteiger partial charge in [0, 0.05) is 23.5 Å². The fourth-order valence-electron chi connectivity index (χ4n) is 3.31. The number of benzene rings is 2. The fraction of sp³-hybridized carbons (Fsp3) is 0.368. The highest BCUT2D eigenvalue weighted by molar-refractivity contribution is 5.62. The number of anilines is 2. The summed E-state index contributed by atoms with van der Waals surface area (Å²) in [5, 5.41) is 0. The van der Waals surface area contributed by atoms with E-state index in [1.807, 2.05) is 0 Å². The Bertz CT molecular complexity index is 579. The van der Waals surface area contributed by atoms with E-state index >= 15 is 0 Å². The summed E-state index contributed by atoms with van der Waals surface area (Å²) in [6.45, 7) is 10.0. The van der Waals surface area contributed by atoms with Gasteiger partial charge in [0.1, 0.15) is 0 Å². The van der Waals surface area contributed by atoms with Crippen LogP contribution in [0.3, 0.4) is 0 Å². The van der Waals surface area contributed by atoms with Crippen molar-refractivity contribution in [3.05, 3.63) is 59.7 Å². The first-order valence-electron chi connectivity index (χ1n) is 7.74. The maximum absolute atomic E-state index is 2.52. The molecule has 3 rings (SSSR count). The second kappa shape index (κ2) is 5.44. The van der Waals surface area contributed by atoms with E-state index in [9.17, 15) is 0 Å². The van der Waals surface area contributed by atoms with Crippen molar-refractivity contribution < 1.29 is 0 Å². The maximum atomic E-state index is 2.52. The molecule has 0 bridgehead atoms. The molecule has 110 valence electrons. The summed E-state index contributed by atoms with van der Waals surface area (Å²) in [7, 11) is 0. The van der Waals surface area contributed by atoms with Crippen LogP contribution in [0.4, 0.5) is 11.4 Å². The van der Waals surface area contributed by atoms with Crippen LogP contribution in [0.15, 0.2) is 48.5 Å². The predicted octanol–water partition coefficient (Wildman–Crippen LogP) is 4.36. The summed E-state index contributed by atoms with van der Waals surface area (Å²) < 4.78 is 0. The zero-order valence-corrected chi connectivity index (χ0v) is 13.4. The Balaban J connectivity index is 1.95. The summed E-state index contributed by atoms with van der Waals surface area (Å²) >= 11 is 0. The van der Waals surface area contributed by atoms with Gasteiger partial charge in [-0.3, -0.25) is 0 Å². The van der Waals surface area contributed by atoms with Crippen molar-refractivity contribution in [2.45, 2.75) is 39.8 Å². The molecule has 0 N–H and O–H groups in total. The average Bonchev–Trinajstić information content (AvgIpc) is 2.77. The zero-order chi connectivity index (χ0) is 15.0. The maximum Gasteiger partial charge on any atom is 0.0910 e. The fourth-order valence-corrected chi connectivity index (χ4v) is 3.31. The van der Waals surface area contributed by atoms with E-state index in [-0.39, 0.29) is 0 Å². The molecule has 0 aromatic heterocycles. The highest BCUT2D eigenvalue weighted by atomic mass is 15.4. The first-order valence-corrected chi connectivity index (χ1v) is 7.74. The van der Waals surface area contributed by atoms with Crippen molar-refractivity contribution in [3.8, 4) is 0 Å². The van der Waals surface area contributed by atoms with E-state index in [4.69, 9.17) is 0 Å². The molecule has 1 saturated heterocycles. The number of aryl methyl sites for hydroxylation is 2. The molecule has 1 fully saturated rings. The Labute approximate surface area is 128 Å². The third-order valence-electron chi connectivity index (χ3n) is 4.84. The van der Waals surface area contributed by atoms with Gasteiger partial charge >= 0.3 is 0 Å². The molecule has 21 heavy (non-hydrogen) atoms. The zero-order valence-electron chi connectivity index (χ0n) is 13.4. The Kier molecular flexibility index (Phi) is 3.62. The van der Waals surface area contributed by atoms with E-state index in [2.05, 4.69) is 86.0 Å². The van der Waals surface area contributed by atoms with Crippen LogP contribution in [-0.2, 0) is 0 Å². The molecule has 0 amide bonds. The smallest absolute Gasteiger partial charge is 0.0910 e. The molecule has 2 nitrogen and oxygen atoms in total. The molecule has 0 spiro atoms. The number of rotatable bonds is 2. The highest BCUT2D eigenvalue weighted by Crippen LogP contribution is 2.33. The van der Waals surface area contributed by atoms with E-state index in [0.717, 1.165) is 6.67 Å². The van der Waals surface area contributed by atoms with Crippen molar-refractivity contribution in [1.29, 1.82) is 0 Å². The molecular weight excluding hydrogens is 256 g/mol. The van der Waals surface area contributed by atoms with Crippen molar-refractivity contribution in [2.24, 2.45) is 0 Å². The Morgan fingerprint density at radius 3 is 1.48 bits per heavy atom. The largest absolute Gasteiger partial charge is 0.349 e. The van der Waals surface area contributed by atoms with Crippen LogP contribution in [0.25, 0.3) is 0 Å². The van der Waals surface area contributed by atoms with E-state index in [1.165, 1.54) is 22.5 Å². The van der Waals surface area contributed by atoms with Crippen LogP contribution in [0.2, 0.25) is 0 Å². The van der Waals surface area contributed by atoms with Gasteiger partial charge in [-0.2, -0.15) is 0 Å². The van der Waals surface area contributed by atoms with Crippen LogP contribution in [-0.4, -0.2) is 18.8 Å². The molecule has 0 aliphatic carbocycles. The van der Waals surface area contributed by atoms with E-state index in [1.54, 1.807) is 0 Å². The third-order valence-corrected chi connectivity index (χ3v) is 4.84. The van der Waals surface area contributed by atoms with Gasteiger partial charge in [-0.1, -0.05) is 36.4 Å². The molecule has 0 radical (unpaired) electrons. The second-order valence-electron chi connectivity index (χ2n) is 6.14. The van der Waals surface area contributed by atoms with Crippen LogP contribution in [0.1, 0.15) is 25.0 Å². The minimum atomic E-state index is 0.505. The van der Waals surface area contributed by atoms with Gasteiger partial charge in [-0.15, -0.1) is 0 Å². The molecule has 2 heteroatoms. The summed E-state index contributed by atoms with van der Waals surface area (Å²) in [5.74, 6) is 0. The number of hydrogen-bond acceptors (Lipinski definition) is 2. The van der Waals surface area contributed by atoms with Gasteiger partial charge in [0.2, 0.25) is 0 Å². The van der Waals surface area contributed by atoms with Crippen LogP contribution >= 0.6 is 0 Å². The van der Waals surface area contributed by atoms with Crippen molar-refractivity contribution in [3.63, 3.8) is 0 Å². The average molecular weight is 280 g/mol. The number of nitrogens with zero attached hydrogens (tertiary/aromatic N) is 2. The third kappa shape index (κ3) is 2.39. The van der Waals surface area contributed by atoms with E-state index < -0.39 is 0 Å². The lowest BCUT2D eigenvalue weighted by Gasteiger charge is -2.25. The molecule has 2 aromatic carbocycles. The minimum absolute atomic E-state index is 0.505. The number of para-hydroxylation sites is 2. The second-order valence-corrected chi connectivity index (χ2v) is 6.14. The molecule has 0 unspecified atom stereocenters. The summed E-state index contributed by atoms with van der Waals surface area (Å²) in [4.78, 5) is 5.04. The monoisotopic (exact) mass is 280 g/mol. The van der Waals surface area contributed by atoms with Gasteiger partial charge in [0.25, 0.3) is 0 Å². The molecule has 1 aliphatic rings. The summed E-state index contributed by atoms with van der Waals surface area (Å²) in [6, 6.07) is 18.4. The van der Waals surface area contributed by atoms with Crippen LogP contribution in [0, 0.1) is 13.8 Å². The minimum Gasteiger partial charge on any atom is -0.349 e. The predicted molar refractivity (Wildman–Crippen MR) is 91.1 cm³/mol. The lowest BCUT2D eigenvalue weighted by Crippen LogP contribution is -2.32. The van der Waals surface area contributed by atoms with Gasteiger partial charge in [0.05, 0.1) is 6.67 Å². The standard InChI is InChI=1S/C19H24N2/c1-14-9-5-7-11-18(14)20-13-21(17(4)16(20)3)19-12-8-6-10-15(19)2/h5-12,16-17H,13H2,1-4H3/t16-,17+. The molecule has 0 saturated carbocycles. The molecule has 2 aromatic rings. The molecular formula is C19H24N2. The van der Waals surface area contributed by atoms with E-state index in [0.29, 0.717) is 12.1 Å². The lowest BCUT2D eigenvalue weighted by atomic mass is 10.1. The van der Waals surface area contributed by atoms with Crippen LogP contribution < -0.4 is 9.80 Å². The Hall–Kier alpha value is -1.96. The topological polar surface area (TPSA) is 6.48 Å². The van der Waals surface area contributed by atoms with Crippen LogP contribution in [0.5, 0.6) is 0 Å². The summed E-state index contributed by atoms with van der Waals surface area (Å²) in [5.41, 5.74) is 5.41. The van der Waals surface area contributed by atoms with Gasteiger partial charge in [0.15, 0.2) is 0 Å². The molecule has 1 heterocycles. The molecule has 2 atom stereocenters. The Morgan fingerprint density at radius 1 is 0.714 bits per heavy atom. The molecule has 1 aliphatic heterocycles. The van der Waals surface area contributed by atoms with Gasteiger partial charge < -0.3 is 9.80 Å². The first kappa shape index (κ1) is 14.0. The van der Waals surface area contributed by atoms with Gasteiger partial charge in [-0.25, -0.2) is 0 Å². The quantitative estimate of drug-likeness (QED) is 0.806. The Morgan fingerprint density at radius 2 is 1.10 bits per heavy atom. The van der Waals surface area contributed by atoms with Crippen molar-refractivity contribution in [1.82, 2.24) is 0 Å². The van der Waals surface area contributed by atoms with Crippen molar-refractivity contribution >= 4 is 11.4 Å².